The van der Waals surface area contributed by atoms with Gasteiger partial charge in [0.2, 0.25) is 0 Å². The highest BCUT2D eigenvalue weighted by atomic mass is 35.5. The summed E-state index contributed by atoms with van der Waals surface area (Å²) in [5, 5.41) is 11.8. The minimum Gasteiger partial charge on any atom is -0.411 e. The van der Waals surface area contributed by atoms with E-state index in [1.165, 1.54) is 6.21 Å². The summed E-state index contributed by atoms with van der Waals surface area (Å²) in [6, 6.07) is 7.92. The van der Waals surface area contributed by atoms with E-state index in [2.05, 4.69) is 14.7 Å². The van der Waals surface area contributed by atoms with Gasteiger partial charge in [-0.1, -0.05) is 23.7 Å². The number of imidazole rings is 1. The van der Waals surface area contributed by atoms with Crippen molar-refractivity contribution < 1.29 is 5.21 Å². The Morgan fingerprint density at radius 3 is 2.89 bits per heavy atom. The van der Waals surface area contributed by atoms with Crippen LogP contribution in [0.2, 0.25) is 0 Å². The molecule has 0 saturated heterocycles. The number of para-hydroxylation sites is 2. The predicted octanol–water partition coefficient (Wildman–Crippen LogP) is 3.25. The first-order valence-corrected chi connectivity index (χ1v) is 6.59. The number of halogens is 1. The van der Waals surface area contributed by atoms with E-state index in [-0.39, 0.29) is 0 Å². The SMILES string of the molecule is ON=Cc1nc2ccccc2n1CCCCCCl. The molecule has 1 aromatic carbocycles. The number of aromatic nitrogens is 2. The second-order valence-corrected chi connectivity index (χ2v) is 4.48. The molecule has 5 heteroatoms. The second-order valence-electron chi connectivity index (χ2n) is 4.10. The zero-order valence-electron chi connectivity index (χ0n) is 10.1. The zero-order valence-corrected chi connectivity index (χ0v) is 10.8. The van der Waals surface area contributed by atoms with Crippen LogP contribution in [0.5, 0.6) is 0 Å². The molecule has 0 radical (unpaired) electrons. The van der Waals surface area contributed by atoms with Crippen molar-refractivity contribution in [1.82, 2.24) is 9.55 Å². The Morgan fingerprint density at radius 2 is 2.11 bits per heavy atom. The summed E-state index contributed by atoms with van der Waals surface area (Å²) in [7, 11) is 0. The fraction of sp³-hybridized carbons (Fsp3) is 0.385. The third-order valence-corrected chi connectivity index (χ3v) is 3.14. The molecule has 2 rings (SSSR count). The largest absolute Gasteiger partial charge is 0.411 e. The van der Waals surface area contributed by atoms with Gasteiger partial charge in [0, 0.05) is 12.4 Å². The van der Waals surface area contributed by atoms with Gasteiger partial charge in [0.15, 0.2) is 5.82 Å². The van der Waals surface area contributed by atoms with Crippen LogP contribution in [0.15, 0.2) is 29.4 Å². The monoisotopic (exact) mass is 265 g/mol. The fourth-order valence-corrected chi connectivity index (χ4v) is 2.21. The molecule has 1 aromatic heterocycles. The maximum absolute atomic E-state index is 8.68. The highest BCUT2D eigenvalue weighted by Gasteiger charge is 2.08. The molecule has 2 aromatic rings. The number of fused-ring (bicyclic) bond motifs is 1. The fourth-order valence-electron chi connectivity index (χ4n) is 2.02. The second kappa shape index (κ2) is 6.40. The Kier molecular flexibility index (Phi) is 4.59. The Bertz CT molecular complexity index is 536. The number of alkyl halides is 1. The van der Waals surface area contributed by atoms with E-state index < -0.39 is 0 Å². The number of nitrogens with zero attached hydrogens (tertiary/aromatic N) is 3. The first-order chi connectivity index (χ1) is 8.86. The summed E-state index contributed by atoms with van der Waals surface area (Å²) in [4.78, 5) is 4.43. The zero-order chi connectivity index (χ0) is 12.8. The van der Waals surface area contributed by atoms with Crippen LogP contribution in [0.3, 0.4) is 0 Å². The maximum atomic E-state index is 8.68. The number of unbranched alkanes of at least 4 members (excludes halogenated alkanes) is 2. The van der Waals surface area contributed by atoms with Crippen LogP contribution in [0.1, 0.15) is 25.1 Å². The molecule has 0 aliphatic rings. The molecule has 0 fully saturated rings. The summed E-state index contributed by atoms with van der Waals surface area (Å²) in [5.41, 5.74) is 1.99. The number of hydrogen-bond acceptors (Lipinski definition) is 3. The molecule has 0 saturated carbocycles. The molecule has 1 heterocycles. The Hall–Kier alpha value is -1.55. The van der Waals surface area contributed by atoms with Gasteiger partial charge in [-0.05, 0) is 25.0 Å². The Labute approximate surface area is 111 Å². The molecule has 0 unspecified atom stereocenters. The van der Waals surface area contributed by atoms with E-state index in [0.717, 1.165) is 36.8 Å². The van der Waals surface area contributed by atoms with Gasteiger partial charge in [0.25, 0.3) is 0 Å². The van der Waals surface area contributed by atoms with Crippen molar-refractivity contribution in [3.8, 4) is 0 Å². The molecule has 96 valence electrons. The average Bonchev–Trinajstić information content (AvgIpc) is 2.73. The van der Waals surface area contributed by atoms with Crippen molar-refractivity contribution in [2.45, 2.75) is 25.8 Å². The topological polar surface area (TPSA) is 50.4 Å². The lowest BCUT2D eigenvalue weighted by atomic mass is 10.2. The van der Waals surface area contributed by atoms with E-state index in [1.54, 1.807) is 0 Å². The van der Waals surface area contributed by atoms with Crippen LogP contribution in [0.25, 0.3) is 11.0 Å². The first-order valence-electron chi connectivity index (χ1n) is 6.05. The first kappa shape index (κ1) is 12.9. The molecule has 18 heavy (non-hydrogen) atoms. The molecule has 0 aliphatic carbocycles. The predicted molar refractivity (Wildman–Crippen MR) is 73.7 cm³/mol. The van der Waals surface area contributed by atoms with Gasteiger partial charge in [-0.15, -0.1) is 11.6 Å². The minimum atomic E-state index is 0.685. The quantitative estimate of drug-likeness (QED) is 0.287. The number of rotatable bonds is 6. The summed E-state index contributed by atoms with van der Waals surface area (Å²) in [6.07, 6.45) is 4.53. The van der Waals surface area contributed by atoms with Gasteiger partial charge in [-0.25, -0.2) is 4.98 Å². The highest BCUT2D eigenvalue weighted by molar-refractivity contribution is 6.17. The van der Waals surface area contributed by atoms with Crippen LogP contribution in [0, 0.1) is 0 Å². The van der Waals surface area contributed by atoms with Crippen molar-refractivity contribution in [3.63, 3.8) is 0 Å². The van der Waals surface area contributed by atoms with Crippen LogP contribution in [0.4, 0.5) is 0 Å². The molecule has 0 amide bonds. The molecule has 0 aliphatic heterocycles. The molecule has 4 nitrogen and oxygen atoms in total. The summed E-state index contributed by atoms with van der Waals surface area (Å²) < 4.78 is 2.07. The maximum Gasteiger partial charge on any atom is 0.155 e. The third-order valence-electron chi connectivity index (χ3n) is 2.87. The van der Waals surface area contributed by atoms with Crippen LogP contribution in [-0.4, -0.2) is 26.9 Å². The normalized spacial score (nSPS) is 11.6. The van der Waals surface area contributed by atoms with Gasteiger partial charge >= 0.3 is 0 Å². The van der Waals surface area contributed by atoms with E-state index in [1.807, 2.05) is 24.3 Å². The molecule has 0 bridgehead atoms. The molecule has 0 atom stereocenters. The molecular weight excluding hydrogens is 250 g/mol. The summed E-state index contributed by atoms with van der Waals surface area (Å²) >= 11 is 5.66. The number of aryl methyl sites for hydroxylation is 1. The summed E-state index contributed by atoms with van der Waals surface area (Å²) in [6.45, 7) is 0.860. The van der Waals surface area contributed by atoms with Gasteiger partial charge < -0.3 is 9.77 Å². The van der Waals surface area contributed by atoms with Crippen molar-refractivity contribution >= 4 is 28.8 Å². The van der Waals surface area contributed by atoms with E-state index in [9.17, 15) is 0 Å². The molecule has 1 N–H and O–H groups in total. The van der Waals surface area contributed by atoms with Gasteiger partial charge in [0.05, 0.1) is 11.0 Å². The molecule has 0 spiro atoms. The van der Waals surface area contributed by atoms with Crippen molar-refractivity contribution in [2.75, 3.05) is 5.88 Å². The van der Waals surface area contributed by atoms with Crippen LogP contribution in [-0.2, 0) is 6.54 Å². The Balaban J connectivity index is 2.24. The highest BCUT2D eigenvalue weighted by Crippen LogP contribution is 2.16. The number of hydrogen-bond donors (Lipinski definition) is 1. The lowest BCUT2D eigenvalue weighted by Gasteiger charge is -2.05. The van der Waals surface area contributed by atoms with E-state index in [0.29, 0.717) is 11.7 Å². The van der Waals surface area contributed by atoms with Gasteiger partial charge in [-0.2, -0.15) is 0 Å². The van der Waals surface area contributed by atoms with Gasteiger partial charge in [-0.3, -0.25) is 0 Å². The van der Waals surface area contributed by atoms with Crippen molar-refractivity contribution in [3.05, 3.63) is 30.1 Å². The van der Waals surface area contributed by atoms with Crippen molar-refractivity contribution in [2.24, 2.45) is 5.16 Å². The van der Waals surface area contributed by atoms with E-state index in [4.69, 9.17) is 16.8 Å². The number of oxime groups is 1. The van der Waals surface area contributed by atoms with Crippen LogP contribution < -0.4 is 0 Å². The Morgan fingerprint density at radius 1 is 1.28 bits per heavy atom. The van der Waals surface area contributed by atoms with Crippen LogP contribution >= 0.6 is 11.6 Å². The lowest BCUT2D eigenvalue weighted by Crippen LogP contribution is -2.03. The van der Waals surface area contributed by atoms with E-state index >= 15 is 0 Å². The molecular formula is C13H16ClN3O. The third kappa shape index (κ3) is 2.82. The standard InChI is InChI=1S/C13H16ClN3O/c14-8-4-1-5-9-17-12-7-3-2-6-11(12)16-13(17)10-15-18/h2-3,6-7,10,18H,1,4-5,8-9H2. The summed E-state index contributed by atoms with van der Waals surface area (Å²) in [5.74, 6) is 1.39. The smallest absolute Gasteiger partial charge is 0.155 e. The van der Waals surface area contributed by atoms with Gasteiger partial charge in [0.1, 0.15) is 6.21 Å². The minimum absolute atomic E-state index is 0.685. The number of benzene rings is 1. The average molecular weight is 266 g/mol. The van der Waals surface area contributed by atoms with Crippen molar-refractivity contribution in [1.29, 1.82) is 0 Å². The lowest BCUT2D eigenvalue weighted by molar-refractivity contribution is 0.321.